The van der Waals surface area contributed by atoms with Gasteiger partial charge in [-0.2, -0.15) is 6.07 Å². The summed E-state index contributed by atoms with van der Waals surface area (Å²) >= 11 is 0. The van der Waals surface area contributed by atoms with E-state index >= 15 is 0 Å². The third-order valence-corrected chi connectivity index (χ3v) is 6.34. The van der Waals surface area contributed by atoms with Crippen LogP contribution in [0.4, 0.5) is 0 Å². The first kappa shape index (κ1) is 20.9. The molecule has 4 heterocycles. The Balaban J connectivity index is 0.00000217. The van der Waals surface area contributed by atoms with Crippen LogP contribution in [0.1, 0.15) is 5.56 Å². The van der Waals surface area contributed by atoms with Crippen molar-refractivity contribution in [2.45, 2.75) is 13.0 Å². The molecule has 0 saturated heterocycles. The summed E-state index contributed by atoms with van der Waals surface area (Å²) in [7, 11) is 2.00. The van der Waals surface area contributed by atoms with E-state index < -0.39 is 0 Å². The Bertz CT molecular complexity index is 1680. The molecule has 1 aliphatic heterocycles. The van der Waals surface area contributed by atoms with E-state index in [4.69, 9.17) is 4.74 Å². The van der Waals surface area contributed by atoms with Gasteiger partial charge in [-0.1, -0.05) is 29.8 Å². The number of ether oxygens (including phenoxy) is 1. The third kappa shape index (κ3) is 3.13. The molecule has 3 aromatic carbocycles. The Morgan fingerprint density at radius 3 is 2.59 bits per heavy atom. The average molecular weight is 625 g/mol. The molecule has 0 amide bonds. The first-order valence-corrected chi connectivity index (χ1v) is 10.9. The molecule has 168 valence electrons. The molecule has 3 aromatic heterocycles. The summed E-state index contributed by atoms with van der Waals surface area (Å²) in [6.07, 6.45) is 8.57. The predicted molar refractivity (Wildman–Crippen MR) is 127 cm³/mol. The van der Waals surface area contributed by atoms with Crippen molar-refractivity contribution < 1.29 is 25.8 Å². The van der Waals surface area contributed by atoms with E-state index in [0.29, 0.717) is 11.5 Å². The fourth-order valence-electron chi connectivity index (χ4n) is 4.76. The average Bonchev–Trinajstić information content (AvgIpc) is 3.56. The van der Waals surface area contributed by atoms with Crippen LogP contribution < -0.4 is 4.74 Å². The smallest absolute Gasteiger partial charge is 0.503 e. The van der Waals surface area contributed by atoms with E-state index in [9.17, 15) is 0 Å². The van der Waals surface area contributed by atoms with Crippen molar-refractivity contribution in [3.8, 4) is 28.8 Å². The van der Waals surface area contributed by atoms with Gasteiger partial charge < -0.3 is 18.4 Å². The van der Waals surface area contributed by atoms with Crippen molar-refractivity contribution in [1.29, 1.82) is 0 Å². The van der Waals surface area contributed by atoms with Crippen molar-refractivity contribution in [2.24, 2.45) is 7.05 Å². The van der Waals surface area contributed by atoms with Gasteiger partial charge >= 0.3 is 21.1 Å². The minimum Gasteiger partial charge on any atom is -0.503 e. The van der Waals surface area contributed by atoms with Crippen molar-refractivity contribution in [3.05, 3.63) is 91.0 Å². The number of fused-ring (bicyclic) bond motifs is 6. The fraction of sp³-hybridized carbons (Fsp3) is 0.111. The normalized spacial score (nSPS) is 12.4. The van der Waals surface area contributed by atoms with Crippen LogP contribution in [0.2, 0.25) is 0 Å². The summed E-state index contributed by atoms with van der Waals surface area (Å²) in [6, 6.07) is 23.4. The molecule has 0 fully saturated rings. The summed E-state index contributed by atoms with van der Waals surface area (Å²) in [4.78, 5) is 9.10. The van der Waals surface area contributed by atoms with Gasteiger partial charge in [-0.25, -0.2) is 4.98 Å². The SMILES string of the molecule is Cn1ccnc1-n1c2[c-]c(Oc3[c-]c4c(cc3)CCn3ccnc3-4)ccc2c2ccccc21.[Pt+2]. The number of aryl methyl sites for hydroxylation is 3. The van der Waals surface area contributed by atoms with E-state index in [1.807, 2.05) is 54.6 Å². The first-order chi connectivity index (χ1) is 16.3. The summed E-state index contributed by atoms with van der Waals surface area (Å²) < 4.78 is 12.5. The topological polar surface area (TPSA) is 49.8 Å². The Labute approximate surface area is 210 Å². The minimum absolute atomic E-state index is 0. The van der Waals surface area contributed by atoms with Crippen LogP contribution in [0.5, 0.6) is 11.5 Å². The van der Waals surface area contributed by atoms with Crippen molar-refractivity contribution in [2.75, 3.05) is 0 Å². The molecule has 0 unspecified atom stereocenters. The molecule has 0 spiro atoms. The van der Waals surface area contributed by atoms with Gasteiger partial charge in [-0.05, 0) is 17.9 Å². The number of benzene rings is 3. The zero-order valence-electron chi connectivity index (χ0n) is 18.3. The van der Waals surface area contributed by atoms with Crippen LogP contribution in [0, 0.1) is 12.1 Å². The molecule has 6 nitrogen and oxygen atoms in total. The molecule has 0 aliphatic carbocycles. The largest absolute Gasteiger partial charge is 2.00 e. The Morgan fingerprint density at radius 2 is 1.71 bits per heavy atom. The molecule has 0 atom stereocenters. The van der Waals surface area contributed by atoms with Crippen LogP contribution in [-0.2, 0) is 41.1 Å². The Hall–Kier alpha value is -3.63. The van der Waals surface area contributed by atoms with Gasteiger partial charge in [0.05, 0.1) is 5.82 Å². The predicted octanol–water partition coefficient (Wildman–Crippen LogP) is 5.33. The van der Waals surface area contributed by atoms with E-state index in [1.54, 1.807) is 0 Å². The van der Waals surface area contributed by atoms with E-state index in [-0.39, 0.29) is 21.1 Å². The second-order valence-electron chi connectivity index (χ2n) is 8.29. The number of para-hydroxylation sites is 1. The molecule has 34 heavy (non-hydrogen) atoms. The molecule has 7 heteroatoms. The van der Waals surface area contributed by atoms with E-state index in [1.165, 1.54) is 5.56 Å². The number of aromatic nitrogens is 5. The van der Waals surface area contributed by atoms with Crippen LogP contribution in [0.25, 0.3) is 39.1 Å². The van der Waals surface area contributed by atoms with Gasteiger partial charge in [-0.15, -0.1) is 40.8 Å². The van der Waals surface area contributed by atoms with Crippen molar-refractivity contribution in [1.82, 2.24) is 23.7 Å². The zero-order chi connectivity index (χ0) is 21.9. The van der Waals surface area contributed by atoms with Crippen LogP contribution >= 0.6 is 0 Å². The summed E-state index contributed by atoms with van der Waals surface area (Å²) in [5, 5.41) is 2.27. The molecule has 0 saturated carbocycles. The van der Waals surface area contributed by atoms with Gasteiger partial charge in [0, 0.05) is 55.4 Å². The number of imidazole rings is 2. The molecular formula is C27H19N5OPt. The van der Waals surface area contributed by atoms with Gasteiger partial charge in [0.1, 0.15) is 0 Å². The standard InChI is InChI=1S/C27H19N5O.Pt/c1-30-14-11-29-27(30)32-24-5-3-2-4-21(24)22-9-8-20(17-25(22)32)33-19-7-6-18-10-13-31-15-12-28-26(31)23(18)16-19;/h2-9,11-12,14-15H,10,13H2,1H3;/q-2;+2. The quantitative estimate of drug-likeness (QED) is 0.251. The zero-order valence-corrected chi connectivity index (χ0v) is 20.6. The minimum atomic E-state index is 0. The molecule has 6 aromatic rings. The van der Waals surface area contributed by atoms with Crippen molar-refractivity contribution >= 4 is 21.8 Å². The number of nitrogens with zero attached hydrogens (tertiary/aromatic N) is 5. The van der Waals surface area contributed by atoms with E-state index in [2.05, 4.69) is 61.6 Å². The summed E-state index contributed by atoms with van der Waals surface area (Å²) in [5.74, 6) is 3.06. The van der Waals surface area contributed by atoms with Gasteiger partial charge in [0.15, 0.2) is 0 Å². The molecule has 0 radical (unpaired) electrons. The maximum atomic E-state index is 6.25. The summed E-state index contributed by atoms with van der Waals surface area (Å²) in [5.41, 5.74) is 4.27. The molecule has 0 N–H and O–H groups in total. The second-order valence-corrected chi connectivity index (χ2v) is 8.29. The monoisotopic (exact) mass is 624 g/mol. The molecule has 1 aliphatic rings. The van der Waals surface area contributed by atoms with Gasteiger partial charge in [-0.3, -0.25) is 4.98 Å². The first-order valence-electron chi connectivity index (χ1n) is 10.9. The molecule has 7 rings (SSSR count). The van der Waals surface area contributed by atoms with Gasteiger partial charge in [0.25, 0.3) is 0 Å². The second kappa shape index (κ2) is 8.00. The summed E-state index contributed by atoms with van der Waals surface area (Å²) in [6.45, 7) is 0.943. The Kier molecular flexibility index (Phi) is 4.92. The maximum absolute atomic E-state index is 6.25. The van der Waals surface area contributed by atoms with Crippen molar-refractivity contribution in [3.63, 3.8) is 0 Å². The Morgan fingerprint density at radius 1 is 0.882 bits per heavy atom. The fourth-order valence-corrected chi connectivity index (χ4v) is 4.76. The van der Waals surface area contributed by atoms with Crippen LogP contribution in [0.3, 0.4) is 0 Å². The maximum Gasteiger partial charge on any atom is 2.00 e. The number of hydrogen-bond donors (Lipinski definition) is 0. The molecular weight excluding hydrogens is 605 g/mol. The van der Waals surface area contributed by atoms with E-state index in [0.717, 1.165) is 52.1 Å². The number of hydrogen-bond acceptors (Lipinski definition) is 3. The third-order valence-electron chi connectivity index (χ3n) is 6.34. The van der Waals surface area contributed by atoms with Crippen LogP contribution in [0.15, 0.2) is 73.3 Å². The van der Waals surface area contributed by atoms with Crippen LogP contribution in [-0.4, -0.2) is 23.7 Å². The van der Waals surface area contributed by atoms with Gasteiger partial charge in [0.2, 0.25) is 5.95 Å². The number of rotatable bonds is 3. The molecule has 0 bridgehead atoms.